The summed E-state index contributed by atoms with van der Waals surface area (Å²) in [6.45, 7) is 0. The number of allylic oxidation sites excluding steroid dienone is 1. The Labute approximate surface area is 305 Å². The third kappa shape index (κ3) is 5.07. The summed E-state index contributed by atoms with van der Waals surface area (Å²) in [4.78, 5) is 15.6. The summed E-state index contributed by atoms with van der Waals surface area (Å²) in [5.41, 5.74) is 10.3. The molecular weight excluding hydrogens is 649 g/mol. The summed E-state index contributed by atoms with van der Waals surface area (Å²) >= 11 is 0. The number of nitrogens with zero attached hydrogens (tertiary/aromatic N) is 4. The van der Waals surface area contributed by atoms with Gasteiger partial charge in [0.1, 0.15) is 0 Å². The van der Waals surface area contributed by atoms with Crippen molar-refractivity contribution in [1.82, 2.24) is 19.5 Å². The topological polar surface area (TPSA) is 91.3 Å². The van der Waals surface area contributed by atoms with Crippen LogP contribution in [-0.4, -0.2) is 30.9 Å². The number of benzene rings is 7. The van der Waals surface area contributed by atoms with Gasteiger partial charge >= 0.3 is 0 Å². The number of para-hydroxylation sites is 2. The van der Waals surface area contributed by atoms with Gasteiger partial charge in [-0.2, -0.15) is 9.97 Å². The van der Waals surface area contributed by atoms with Gasteiger partial charge in [0, 0.05) is 27.5 Å². The van der Waals surface area contributed by atoms with E-state index < -0.39 is 0 Å². The molecule has 2 aromatic heterocycles. The molecule has 6 heteroatoms. The van der Waals surface area contributed by atoms with E-state index in [1.165, 1.54) is 0 Å². The Hall–Kier alpha value is -7.31. The highest BCUT2D eigenvalue weighted by Gasteiger charge is 2.21. The Morgan fingerprint density at radius 2 is 1.02 bits per heavy atom. The van der Waals surface area contributed by atoms with E-state index in [0.717, 1.165) is 77.1 Å². The van der Waals surface area contributed by atoms with Crippen LogP contribution in [0, 0.1) is 10.8 Å². The fraction of sp³-hybridized carbons (Fsp3) is 0. The highest BCUT2D eigenvalue weighted by atomic mass is 15.2. The van der Waals surface area contributed by atoms with E-state index in [0.29, 0.717) is 17.6 Å². The van der Waals surface area contributed by atoms with E-state index >= 15 is 0 Å². The molecule has 9 aromatic rings. The monoisotopic (exact) mass is 678 g/mol. The fourth-order valence-corrected chi connectivity index (χ4v) is 7.58. The van der Waals surface area contributed by atoms with Crippen molar-refractivity contribution in [3.8, 4) is 51.0 Å². The third-order valence-corrected chi connectivity index (χ3v) is 10.1. The molecule has 10 rings (SSSR count). The molecule has 0 amide bonds. The van der Waals surface area contributed by atoms with E-state index in [9.17, 15) is 0 Å². The first-order chi connectivity index (χ1) is 26.1. The summed E-state index contributed by atoms with van der Waals surface area (Å²) in [6, 6.07) is 54.2. The van der Waals surface area contributed by atoms with E-state index in [1.807, 2.05) is 42.5 Å². The smallest absolute Gasteiger partial charge is 0.238 e. The molecule has 0 bridgehead atoms. The van der Waals surface area contributed by atoms with Crippen LogP contribution in [0.2, 0.25) is 0 Å². The zero-order chi connectivity index (χ0) is 35.5. The number of hydrogen-bond acceptors (Lipinski definition) is 5. The lowest BCUT2D eigenvalue weighted by Gasteiger charge is -2.16. The van der Waals surface area contributed by atoms with Crippen LogP contribution < -0.4 is 0 Å². The van der Waals surface area contributed by atoms with Crippen LogP contribution in [-0.2, 0) is 0 Å². The molecule has 0 fully saturated rings. The van der Waals surface area contributed by atoms with E-state index in [1.54, 1.807) is 6.08 Å². The molecular formula is C47H30N6. The van der Waals surface area contributed by atoms with Crippen molar-refractivity contribution in [2.24, 2.45) is 0 Å². The maximum atomic E-state index is 8.80. The first-order valence-corrected chi connectivity index (χ1v) is 17.5. The number of nitrogens with one attached hydrogen (secondary N) is 2. The quantitative estimate of drug-likeness (QED) is 0.190. The Kier molecular flexibility index (Phi) is 7.01. The van der Waals surface area contributed by atoms with E-state index in [2.05, 4.69) is 126 Å². The lowest BCUT2D eigenvalue weighted by molar-refractivity contribution is 0.953. The molecule has 53 heavy (non-hydrogen) atoms. The van der Waals surface area contributed by atoms with Gasteiger partial charge in [-0.1, -0.05) is 140 Å². The van der Waals surface area contributed by atoms with Crippen LogP contribution in [0.25, 0.3) is 89.6 Å². The number of rotatable bonds is 5. The molecule has 2 heterocycles. The van der Waals surface area contributed by atoms with Crippen LogP contribution in [0.3, 0.4) is 0 Å². The third-order valence-electron chi connectivity index (χ3n) is 10.1. The van der Waals surface area contributed by atoms with Gasteiger partial charge in [-0.15, -0.1) is 0 Å². The molecule has 248 valence electrons. The van der Waals surface area contributed by atoms with Crippen LogP contribution >= 0.6 is 0 Å². The van der Waals surface area contributed by atoms with Crippen LogP contribution in [0.5, 0.6) is 0 Å². The standard InChI is InChI=1S/C47H30N6/c48-40-26-25-31-23-21-30-22-24-34(28-39(30)43(31)44(40)49)46-50-45(51-47(52-46)53-41-19-8-6-17-37(41)38-18-7-9-20-42(38)53)33-14-10-13-32(27-33)36-16-5-4-15-35(36)29-11-2-1-3-12-29/h1-28,48-49H. The van der Waals surface area contributed by atoms with Gasteiger partial charge in [0.2, 0.25) is 5.95 Å². The van der Waals surface area contributed by atoms with Crippen molar-refractivity contribution >= 4 is 50.1 Å². The molecule has 0 saturated heterocycles. The Balaban J connectivity index is 1.21. The largest absolute Gasteiger partial charge is 0.299 e. The van der Waals surface area contributed by atoms with Crippen molar-refractivity contribution < 1.29 is 0 Å². The molecule has 0 atom stereocenters. The summed E-state index contributed by atoms with van der Waals surface area (Å²) in [5.74, 6) is 1.60. The number of hydrogen-bond donors (Lipinski definition) is 2. The predicted molar refractivity (Wildman–Crippen MR) is 217 cm³/mol. The Morgan fingerprint density at radius 1 is 0.434 bits per heavy atom. The molecule has 2 N–H and O–H groups in total. The van der Waals surface area contributed by atoms with Gasteiger partial charge in [0.25, 0.3) is 0 Å². The van der Waals surface area contributed by atoms with Crippen molar-refractivity contribution in [2.75, 3.05) is 0 Å². The lowest BCUT2D eigenvalue weighted by atomic mass is 9.89. The molecule has 0 aliphatic heterocycles. The highest BCUT2D eigenvalue weighted by molar-refractivity contribution is 6.53. The summed E-state index contributed by atoms with van der Waals surface area (Å²) in [5, 5.41) is 21.3. The van der Waals surface area contributed by atoms with Crippen LogP contribution in [0.4, 0.5) is 0 Å². The first-order valence-electron chi connectivity index (χ1n) is 17.5. The minimum absolute atomic E-state index is 0.195. The Bertz CT molecular complexity index is 2940. The molecule has 0 spiro atoms. The maximum Gasteiger partial charge on any atom is 0.238 e. The zero-order valence-corrected chi connectivity index (χ0v) is 28.5. The molecule has 0 radical (unpaired) electrons. The second-order valence-electron chi connectivity index (χ2n) is 13.2. The molecule has 1 aliphatic carbocycles. The van der Waals surface area contributed by atoms with Gasteiger partial charge in [0.15, 0.2) is 11.6 Å². The minimum atomic E-state index is 0.195. The molecule has 7 aromatic carbocycles. The average Bonchev–Trinajstić information content (AvgIpc) is 3.56. The van der Waals surface area contributed by atoms with Crippen LogP contribution in [0.1, 0.15) is 11.1 Å². The highest BCUT2D eigenvalue weighted by Crippen LogP contribution is 2.36. The van der Waals surface area contributed by atoms with Gasteiger partial charge in [-0.05, 0) is 68.9 Å². The fourth-order valence-electron chi connectivity index (χ4n) is 7.58. The molecule has 6 nitrogen and oxygen atoms in total. The predicted octanol–water partition coefficient (Wildman–Crippen LogP) is 11.2. The molecule has 0 saturated carbocycles. The van der Waals surface area contributed by atoms with Gasteiger partial charge in [-0.3, -0.25) is 15.4 Å². The number of fused-ring (bicyclic) bond motifs is 6. The average molecular weight is 679 g/mol. The van der Waals surface area contributed by atoms with E-state index in [4.69, 9.17) is 25.8 Å². The second kappa shape index (κ2) is 12.2. The van der Waals surface area contributed by atoms with Gasteiger partial charge in [-0.25, -0.2) is 4.98 Å². The van der Waals surface area contributed by atoms with Crippen molar-refractivity contribution in [3.05, 3.63) is 175 Å². The minimum Gasteiger partial charge on any atom is -0.299 e. The molecule has 1 aliphatic rings. The van der Waals surface area contributed by atoms with Crippen molar-refractivity contribution in [3.63, 3.8) is 0 Å². The lowest BCUT2D eigenvalue weighted by Crippen LogP contribution is -2.16. The van der Waals surface area contributed by atoms with Gasteiger partial charge < -0.3 is 0 Å². The van der Waals surface area contributed by atoms with Crippen molar-refractivity contribution in [2.45, 2.75) is 0 Å². The summed E-state index contributed by atoms with van der Waals surface area (Å²) in [7, 11) is 0. The SMILES string of the molecule is N=C1C=Cc2ccc3ccc(-c4nc(-c5cccc(-c6ccccc6-c6ccccc6)c5)nc(-n5c6ccccc6c6ccccc65)n4)cc3c2C1=N. The van der Waals surface area contributed by atoms with Crippen LogP contribution in [0.15, 0.2) is 164 Å². The zero-order valence-electron chi connectivity index (χ0n) is 28.5. The van der Waals surface area contributed by atoms with Gasteiger partial charge in [0.05, 0.1) is 22.5 Å². The summed E-state index contributed by atoms with van der Waals surface area (Å²) in [6.07, 6.45) is 3.59. The maximum absolute atomic E-state index is 8.80. The second-order valence-corrected chi connectivity index (χ2v) is 13.2. The number of aromatic nitrogens is 4. The van der Waals surface area contributed by atoms with E-state index in [-0.39, 0.29) is 11.4 Å². The van der Waals surface area contributed by atoms with Crippen molar-refractivity contribution in [1.29, 1.82) is 10.8 Å². The molecule has 0 unspecified atom stereocenters. The Morgan fingerprint density at radius 3 is 1.75 bits per heavy atom. The summed E-state index contributed by atoms with van der Waals surface area (Å²) < 4.78 is 2.12. The first kappa shape index (κ1) is 30.5. The normalized spacial score (nSPS) is 12.5.